The zero-order valence-electron chi connectivity index (χ0n) is 11.5. The molecule has 0 N–H and O–H groups in total. The number of esters is 1. The van der Waals surface area contributed by atoms with Crippen LogP contribution in [0.5, 0.6) is 0 Å². The van der Waals surface area contributed by atoms with Crippen molar-refractivity contribution in [2.75, 3.05) is 0 Å². The van der Waals surface area contributed by atoms with Gasteiger partial charge in [0.25, 0.3) is 5.69 Å². The number of hydrogen-bond donors (Lipinski definition) is 0. The molecule has 8 heteroatoms. The highest BCUT2D eigenvalue weighted by Gasteiger charge is 2.31. The molecule has 0 radical (unpaired) electrons. The van der Waals surface area contributed by atoms with E-state index in [0.29, 0.717) is 11.6 Å². The molecule has 0 unspecified atom stereocenters. The summed E-state index contributed by atoms with van der Waals surface area (Å²) in [5.74, 6) is -0.942. The van der Waals surface area contributed by atoms with Crippen LogP contribution in [0.15, 0.2) is 48.5 Å². The highest BCUT2D eigenvalue weighted by Crippen LogP contribution is 2.29. The summed E-state index contributed by atoms with van der Waals surface area (Å²) in [6, 6.07) is 9.26. The smallest absolute Gasteiger partial charge is 0.416 e. The first-order valence-electron chi connectivity index (χ1n) is 6.35. The molecule has 5 nitrogen and oxygen atoms in total. The quantitative estimate of drug-likeness (QED) is 0.484. The molecule has 0 atom stereocenters. The van der Waals surface area contributed by atoms with E-state index >= 15 is 0 Å². The van der Waals surface area contributed by atoms with Crippen LogP contribution in [0.1, 0.15) is 21.5 Å². The topological polar surface area (TPSA) is 69.4 Å². The van der Waals surface area contributed by atoms with Gasteiger partial charge in [-0.15, -0.1) is 0 Å². The number of alkyl halides is 3. The van der Waals surface area contributed by atoms with E-state index in [0.717, 1.165) is 12.1 Å². The van der Waals surface area contributed by atoms with Gasteiger partial charge in [0.05, 0.1) is 16.1 Å². The Labute approximate surface area is 128 Å². The normalized spacial score (nSPS) is 11.1. The second-order valence-corrected chi connectivity index (χ2v) is 4.58. The molecule has 0 heterocycles. The van der Waals surface area contributed by atoms with Gasteiger partial charge in [-0.2, -0.15) is 13.2 Å². The second-order valence-electron chi connectivity index (χ2n) is 4.58. The first-order chi connectivity index (χ1) is 10.8. The van der Waals surface area contributed by atoms with Crippen LogP contribution in [-0.4, -0.2) is 10.9 Å². The van der Waals surface area contributed by atoms with Crippen molar-refractivity contribution in [3.05, 3.63) is 75.3 Å². The van der Waals surface area contributed by atoms with Gasteiger partial charge in [0.1, 0.15) is 6.61 Å². The molecule has 0 fully saturated rings. The monoisotopic (exact) mass is 325 g/mol. The first kappa shape index (κ1) is 16.5. The van der Waals surface area contributed by atoms with Gasteiger partial charge in [-0.25, -0.2) is 4.79 Å². The van der Waals surface area contributed by atoms with Crippen molar-refractivity contribution >= 4 is 11.7 Å². The van der Waals surface area contributed by atoms with Crippen LogP contribution < -0.4 is 0 Å². The summed E-state index contributed by atoms with van der Waals surface area (Å²) in [7, 11) is 0. The maximum absolute atomic E-state index is 12.6. The molecule has 0 bridgehead atoms. The number of rotatable bonds is 4. The van der Waals surface area contributed by atoms with Gasteiger partial charge in [0.2, 0.25) is 0 Å². The average Bonchev–Trinajstić information content (AvgIpc) is 2.52. The van der Waals surface area contributed by atoms with E-state index < -0.39 is 22.6 Å². The molecular formula is C15H10F3NO4. The van der Waals surface area contributed by atoms with Crippen molar-refractivity contribution in [3.63, 3.8) is 0 Å². The van der Waals surface area contributed by atoms with Crippen molar-refractivity contribution in [3.8, 4) is 0 Å². The van der Waals surface area contributed by atoms with Gasteiger partial charge in [0, 0.05) is 12.1 Å². The predicted octanol–water partition coefficient (Wildman–Crippen LogP) is 3.97. The van der Waals surface area contributed by atoms with Gasteiger partial charge in [-0.3, -0.25) is 10.1 Å². The van der Waals surface area contributed by atoms with Crippen LogP contribution in [0, 0.1) is 10.1 Å². The minimum atomic E-state index is -4.56. The number of benzene rings is 2. The lowest BCUT2D eigenvalue weighted by molar-refractivity contribution is -0.384. The number of nitrogens with zero attached hydrogens (tertiary/aromatic N) is 1. The number of halogens is 3. The Morgan fingerprint density at radius 3 is 2.48 bits per heavy atom. The molecule has 0 saturated carbocycles. The Hall–Kier alpha value is -2.90. The largest absolute Gasteiger partial charge is 0.457 e. The zero-order chi connectivity index (χ0) is 17.0. The average molecular weight is 325 g/mol. The molecule has 120 valence electrons. The van der Waals surface area contributed by atoms with Crippen molar-refractivity contribution in [1.82, 2.24) is 0 Å². The number of non-ortho nitro benzene ring substituents is 1. The van der Waals surface area contributed by atoms with Gasteiger partial charge >= 0.3 is 12.1 Å². The molecule has 23 heavy (non-hydrogen) atoms. The Kier molecular flexibility index (Phi) is 4.63. The summed E-state index contributed by atoms with van der Waals surface area (Å²) in [5, 5.41) is 10.6. The van der Waals surface area contributed by atoms with Crippen LogP contribution >= 0.6 is 0 Å². The first-order valence-corrected chi connectivity index (χ1v) is 6.35. The van der Waals surface area contributed by atoms with Gasteiger partial charge in [0.15, 0.2) is 0 Å². The lowest BCUT2D eigenvalue weighted by Gasteiger charge is -2.09. The molecule has 0 aliphatic heterocycles. The van der Waals surface area contributed by atoms with E-state index in [2.05, 4.69) is 0 Å². The van der Waals surface area contributed by atoms with E-state index in [9.17, 15) is 28.1 Å². The van der Waals surface area contributed by atoms with Crippen molar-refractivity contribution in [2.45, 2.75) is 12.8 Å². The zero-order valence-corrected chi connectivity index (χ0v) is 11.5. The number of nitro groups is 1. The Balaban J connectivity index is 2.08. The van der Waals surface area contributed by atoms with E-state index in [1.807, 2.05) is 0 Å². The van der Waals surface area contributed by atoms with Crippen molar-refractivity contribution < 1.29 is 27.6 Å². The fourth-order valence-electron chi connectivity index (χ4n) is 1.81. The highest BCUT2D eigenvalue weighted by atomic mass is 19.4. The molecule has 0 aliphatic carbocycles. The Morgan fingerprint density at radius 2 is 1.83 bits per heavy atom. The van der Waals surface area contributed by atoms with E-state index in [1.165, 1.54) is 30.3 Å². The number of carbonyl (C=O) groups is 1. The standard InChI is InChI=1S/C15H10F3NO4/c16-15(17,18)12-5-2-4-11(8-12)14(20)23-9-10-3-1-6-13(7-10)19(21)22/h1-8H,9H2. The summed E-state index contributed by atoms with van der Waals surface area (Å²) in [5.41, 5.74) is -1.01. The maximum atomic E-state index is 12.6. The van der Waals surface area contributed by atoms with Crippen LogP contribution in [0.3, 0.4) is 0 Å². The highest BCUT2D eigenvalue weighted by molar-refractivity contribution is 5.89. The van der Waals surface area contributed by atoms with E-state index in [4.69, 9.17) is 4.74 Å². The lowest BCUT2D eigenvalue weighted by Crippen LogP contribution is -2.09. The van der Waals surface area contributed by atoms with Crippen molar-refractivity contribution in [1.29, 1.82) is 0 Å². The number of hydrogen-bond acceptors (Lipinski definition) is 4. The minimum Gasteiger partial charge on any atom is -0.457 e. The molecular weight excluding hydrogens is 315 g/mol. The summed E-state index contributed by atoms with van der Waals surface area (Å²) in [6.45, 7) is -0.281. The Bertz CT molecular complexity index is 743. The summed E-state index contributed by atoms with van der Waals surface area (Å²) in [6.07, 6.45) is -4.56. The molecule has 0 aliphatic rings. The van der Waals surface area contributed by atoms with Crippen molar-refractivity contribution in [2.24, 2.45) is 0 Å². The summed E-state index contributed by atoms with van der Waals surface area (Å²) in [4.78, 5) is 21.8. The fourth-order valence-corrected chi connectivity index (χ4v) is 1.81. The molecule has 0 saturated heterocycles. The third-order valence-electron chi connectivity index (χ3n) is 2.92. The van der Waals surface area contributed by atoms with Crippen LogP contribution in [0.25, 0.3) is 0 Å². The molecule has 2 aromatic carbocycles. The molecule has 0 amide bonds. The third kappa shape index (κ3) is 4.29. The van der Waals surface area contributed by atoms with Gasteiger partial charge in [-0.05, 0) is 23.8 Å². The number of ether oxygens (including phenoxy) is 1. The molecule has 2 rings (SSSR count). The van der Waals surface area contributed by atoms with E-state index in [-0.39, 0.29) is 17.9 Å². The Morgan fingerprint density at radius 1 is 1.13 bits per heavy atom. The maximum Gasteiger partial charge on any atom is 0.416 e. The van der Waals surface area contributed by atoms with Crippen LogP contribution in [0.2, 0.25) is 0 Å². The molecule has 2 aromatic rings. The molecule has 0 spiro atoms. The number of carbonyl (C=O) groups excluding carboxylic acids is 1. The summed E-state index contributed by atoms with van der Waals surface area (Å²) >= 11 is 0. The second kappa shape index (κ2) is 6.47. The summed E-state index contributed by atoms with van der Waals surface area (Å²) < 4.78 is 42.6. The van der Waals surface area contributed by atoms with E-state index in [1.54, 1.807) is 0 Å². The minimum absolute atomic E-state index is 0.169. The van der Waals surface area contributed by atoms with Gasteiger partial charge < -0.3 is 4.74 Å². The third-order valence-corrected chi connectivity index (χ3v) is 2.92. The van der Waals surface area contributed by atoms with Crippen LogP contribution in [-0.2, 0) is 17.5 Å². The number of nitro benzene ring substituents is 1. The predicted molar refractivity (Wildman–Crippen MR) is 73.7 cm³/mol. The lowest BCUT2D eigenvalue weighted by atomic mass is 10.1. The van der Waals surface area contributed by atoms with Crippen LogP contribution in [0.4, 0.5) is 18.9 Å². The SMILES string of the molecule is O=C(OCc1cccc([N+](=O)[O-])c1)c1cccc(C(F)(F)F)c1. The molecule has 0 aromatic heterocycles. The van der Waals surface area contributed by atoms with Gasteiger partial charge in [-0.1, -0.05) is 18.2 Å². The fraction of sp³-hybridized carbons (Fsp3) is 0.133.